The van der Waals surface area contributed by atoms with E-state index in [1.807, 2.05) is 30.3 Å². The molecule has 7 nitrogen and oxygen atoms in total. The number of hydrogen-bond donors (Lipinski definition) is 4. The van der Waals surface area contributed by atoms with Crippen molar-refractivity contribution in [1.29, 1.82) is 0 Å². The standard InChI is InChI=1S/C20H25N5O2/c21-20(8-1-2-9-20)18(26)23-14-16-4-3-5-17(12-16)25-19(27)24-13-15-6-10-22-11-7-15/h3-7,10-12H,1-2,8-9,13-14,21H2,(H,23,26)(H2,24,25,27). The summed E-state index contributed by atoms with van der Waals surface area (Å²) in [6, 6.07) is 10.8. The third-order valence-corrected chi connectivity index (χ3v) is 4.79. The highest BCUT2D eigenvalue weighted by molar-refractivity contribution is 5.89. The van der Waals surface area contributed by atoms with Crippen molar-refractivity contribution in [2.75, 3.05) is 5.32 Å². The van der Waals surface area contributed by atoms with Crippen molar-refractivity contribution in [2.24, 2.45) is 5.73 Å². The van der Waals surface area contributed by atoms with Crippen LogP contribution in [0.3, 0.4) is 0 Å². The van der Waals surface area contributed by atoms with E-state index in [0.29, 0.717) is 18.8 Å². The topological polar surface area (TPSA) is 109 Å². The van der Waals surface area contributed by atoms with Gasteiger partial charge in [-0.05, 0) is 48.2 Å². The number of carbonyl (C=O) groups is 2. The first-order valence-electron chi connectivity index (χ1n) is 9.15. The Morgan fingerprint density at radius 1 is 1.00 bits per heavy atom. The van der Waals surface area contributed by atoms with Crippen LogP contribution in [-0.4, -0.2) is 22.5 Å². The maximum absolute atomic E-state index is 12.3. The van der Waals surface area contributed by atoms with Crippen LogP contribution >= 0.6 is 0 Å². The van der Waals surface area contributed by atoms with Crippen LogP contribution in [0.4, 0.5) is 10.5 Å². The zero-order valence-electron chi connectivity index (χ0n) is 15.2. The number of amides is 3. The first-order chi connectivity index (χ1) is 13.0. The molecule has 0 unspecified atom stereocenters. The second-order valence-corrected chi connectivity index (χ2v) is 6.91. The first-order valence-corrected chi connectivity index (χ1v) is 9.15. The van der Waals surface area contributed by atoms with Gasteiger partial charge in [0.2, 0.25) is 5.91 Å². The highest BCUT2D eigenvalue weighted by atomic mass is 16.2. The summed E-state index contributed by atoms with van der Waals surface area (Å²) in [4.78, 5) is 28.3. The second-order valence-electron chi connectivity index (χ2n) is 6.91. The number of nitrogens with zero attached hydrogens (tertiary/aromatic N) is 1. The van der Waals surface area contributed by atoms with Gasteiger partial charge in [-0.2, -0.15) is 0 Å². The molecule has 0 spiro atoms. The number of benzene rings is 1. The van der Waals surface area contributed by atoms with Gasteiger partial charge in [-0.3, -0.25) is 9.78 Å². The van der Waals surface area contributed by atoms with Crippen molar-refractivity contribution in [3.8, 4) is 0 Å². The van der Waals surface area contributed by atoms with E-state index < -0.39 is 5.54 Å². The molecule has 0 bridgehead atoms. The summed E-state index contributed by atoms with van der Waals surface area (Å²) in [6.45, 7) is 0.800. The Bertz CT molecular complexity index is 788. The Morgan fingerprint density at radius 3 is 2.44 bits per heavy atom. The van der Waals surface area contributed by atoms with Gasteiger partial charge in [0.15, 0.2) is 0 Å². The summed E-state index contributed by atoms with van der Waals surface area (Å²) in [6.07, 6.45) is 6.83. The molecule has 3 amide bonds. The van der Waals surface area contributed by atoms with Gasteiger partial charge in [0.05, 0.1) is 5.54 Å². The van der Waals surface area contributed by atoms with Crippen molar-refractivity contribution in [1.82, 2.24) is 15.6 Å². The van der Waals surface area contributed by atoms with Crippen LogP contribution in [0.25, 0.3) is 0 Å². The first kappa shape index (κ1) is 18.8. The number of nitrogens with two attached hydrogens (primary N) is 1. The minimum atomic E-state index is -0.733. The molecular weight excluding hydrogens is 342 g/mol. The molecule has 27 heavy (non-hydrogen) atoms. The Labute approximate surface area is 158 Å². The molecule has 1 fully saturated rings. The summed E-state index contributed by atoms with van der Waals surface area (Å²) in [5, 5.41) is 8.51. The monoisotopic (exact) mass is 367 g/mol. The smallest absolute Gasteiger partial charge is 0.319 e. The van der Waals surface area contributed by atoms with Crippen molar-refractivity contribution in [3.05, 3.63) is 59.9 Å². The van der Waals surface area contributed by atoms with E-state index in [9.17, 15) is 9.59 Å². The number of rotatable bonds is 6. The average molecular weight is 367 g/mol. The molecule has 2 aromatic rings. The molecule has 1 heterocycles. The Kier molecular flexibility index (Phi) is 6.03. The summed E-state index contributed by atoms with van der Waals surface area (Å²) in [5.41, 5.74) is 7.96. The molecule has 0 atom stereocenters. The molecule has 1 aromatic carbocycles. The van der Waals surface area contributed by atoms with Crippen molar-refractivity contribution in [2.45, 2.75) is 44.3 Å². The molecule has 3 rings (SSSR count). The van der Waals surface area contributed by atoms with E-state index in [4.69, 9.17) is 5.73 Å². The maximum Gasteiger partial charge on any atom is 0.319 e. The van der Waals surface area contributed by atoms with Crippen LogP contribution < -0.4 is 21.7 Å². The van der Waals surface area contributed by atoms with Gasteiger partial charge in [0, 0.05) is 31.2 Å². The van der Waals surface area contributed by atoms with E-state index in [1.165, 1.54) is 0 Å². The summed E-state index contributed by atoms with van der Waals surface area (Å²) in [7, 11) is 0. The van der Waals surface area contributed by atoms with E-state index in [1.54, 1.807) is 18.5 Å². The van der Waals surface area contributed by atoms with Gasteiger partial charge >= 0.3 is 6.03 Å². The number of pyridine rings is 1. The zero-order valence-corrected chi connectivity index (χ0v) is 15.2. The fraction of sp³-hybridized carbons (Fsp3) is 0.350. The van der Waals surface area contributed by atoms with E-state index in [-0.39, 0.29) is 11.9 Å². The molecule has 0 saturated heterocycles. The molecule has 0 radical (unpaired) electrons. The highest BCUT2D eigenvalue weighted by Crippen LogP contribution is 2.27. The molecule has 0 aliphatic heterocycles. The summed E-state index contributed by atoms with van der Waals surface area (Å²) < 4.78 is 0. The second kappa shape index (κ2) is 8.64. The number of aromatic nitrogens is 1. The van der Waals surface area contributed by atoms with Crippen LogP contribution in [0.2, 0.25) is 0 Å². The number of anilines is 1. The normalized spacial score (nSPS) is 15.1. The molecule has 7 heteroatoms. The molecule has 142 valence electrons. The fourth-order valence-electron chi connectivity index (χ4n) is 3.21. The van der Waals surface area contributed by atoms with Gasteiger partial charge in [-0.15, -0.1) is 0 Å². The Hall–Kier alpha value is -2.93. The third-order valence-electron chi connectivity index (χ3n) is 4.79. The van der Waals surface area contributed by atoms with Crippen molar-refractivity contribution >= 4 is 17.6 Å². The highest BCUT2D eigenvalue weighted by Gasteiger charge is 2.36. The lowest BCUT2D eigenvalue weighted by atomic mass is 9.98. The Morgan fingerprint density at radius 2 is 1.70 bits per heavy atom. The number of urea groups is 1. The summed E-state index contributed by atoms with van der Waals surface area (Å²) >= 11 is 0. The van der Waals surface area contributed by atoms with Gasteiger partial charge in [0.1, 0.15) is 0 Å². The summed E-state index contributed by atoms with van der Waals surface area (Å²) in [5.74, 6) is -0.103. The van der Waals surface area contributed by atoms with Crippen LogP contribution in [-0.2, 0) is 17.9 Å². The van der Waals surface area contributed by atoms with E-state index >= 15 is 0 Å². The third kappa shape index (κ3) is 5.27. The van der Waals surface area contributed by atoms with Crippen LogP contribution in [0, 0.1) is 0 Å². The molecular formula is C20H25N5O2. The van der Waals surface area contributed by atoms with Crippen LogP contribution in [0.1, 0.15) is 36.8 Å². The molecule has 1 aliphatic carbocycles. The molecule has 5 N–H and O–H groups in total. The quantitative estimate of drug-likeness (QED) is 0.628. The molecule has 1 aromatic heterocycles. The average Bonchev–Trinajstić information content (AvgIpc) is 3.13. The zero-order chi connectivity index (χ0) is 19.1. The minimum absolute atomic E-state index is 0.103. The lowest BCUT2D eigenvalue weighted by Gasteiger charge is -2.22. The van der Waals surface area contributed by atoms with Crippen molar-refractivity contribution < 1.29 is 9.59 Å². The number of carbonyl (C=O) groups excluding carboxylic acids is 2. The van der Waals surface area contributed by atoms with E-state index in [0.717, 1.165) is 36.8 Å². The lowest BCUT2D eigenvalue weighted by molar-refractivity contribution is -0.126. The SMILES string of the molecule is NC1(C(=O)NCc2cccc(NC(=O)NCc3ccncc3)c2)CCCC1. The fourth-order valence-corrected chi connectivity index (χ4v) is 3.21. The number of nitrogens with one attached hydrogen (secondary N) is 3. The van der Waals surface area contributed by atoms with Gasteiger partial charge in [-0.25, -0.2) is 4.79 Å². The van der Waals surface area contributed by atoms with Gasteiger partial charge in [0.25, 0.3) is 0 Å². The van der Waals surface area contributed by atoms with Gasteiger partial charge < -0.3 is 21.7 Å². The maximum atomic E-state index is 12.3. The van der Waals surface area contributed by atoms with Gasteiger partial charge in [-0.1, -0.05) is 25.0 Å². The predicted molar refractivity (Wildman–Crippen MR) is 104 cm³/mol. The van der Waals surface area contributed by atoms with E-state index in [2.05, 4.69) is 20.9 Å². The van der Waals surface area contributed by atoms with Crippen molar-refractivity contribution in [3.63, 3.8) is 0 Å². The molecule has 1 aliphatic rings. The predicted octanol–water partition coefficient (Wildman–Crippen LogP) is 2.29. The van der Waals surface area contributed by atoms with Crippen LogP contribution in [0.15, 0.2) is 48.8 Å². The Balaban J connectivity index is 1.49. The largest absolute Gasteiger partial charge is 0.350 e. The minimum Gasteiger partial charge on any atom is -0.350 e. The van der Waals surface area contributed by atoms with Crippen LogP contribution in [0.5, 0.6) is 0 Å². The molecule has 1 saturated carbocycles. The lowest BCUT2D eigenvalue weighted by Crippen LogP contribution is -2.51. The number of hydrogen-bond acceptors (Lipinski definition) is 4.